The first-order valence-corrected chi connectivity index (χ1v) is 8.37. The van der Waals surface area contributed by atoms with E-state index in [0.717, 1.165) is 25.0 Å². The number of piperidine rings is 1. The van der Waals surface area contributed by atoms with Crippen molar-refractivity contribution in [1.29, 1.82) is 0 Å². The molecule has 3 unspecified atom stereocenters. The maximum atomic E-state index is 6.30. The first-order chi connectivity index (χ1) is 9.17. The molecule has 2 saturated heterocycles. The summed E-state index contributed by atoms with van der Waals surface area (Å²) in [4.78, 5) is 5.44. The molecule has 2 aliphatic heterocycles. The lowest BCUT2D eigenvalue weighted by molar-refractivity contribution is 0.0313. The zero-order valence-electron chi connectivity index (χ0n) is 13.2. The molecule has 2 N–H and O–H groups in total. The Morgan fingerprint density at radius 3 is 2.74 bits per heavy atom. The van der Waals surface area contributed by atoms with Gasteiger partial charge in [-0.3, -0.25) is 9.80 Å². The van der Waals surface area contributed by atoms with Gasteiger partial charge in [0.1, 0.15) is 0 Å². The minimum absolute atomic E-state index is 0.262. The Morgan fingerprint density at radius 1 is 1.32 bits per heavy atom. The van der Waals surface area contributed by atoms with Crippen LogP contribution in [-0.2, 0) is 0 Å². The van der Waals surface area contributed by atoms with E-state index in [2.05, 4.69) is 30.6 Å². The molecule has 2 heterocycles. The van der Waals surface area contributed by atoms with Gasteiger partial charge in [0.15, 0.2) is 0 Å². The second-order valence-corrected chi connectivity index (χ2v) is 6.66. The fraction of sp³-hybridized carbons (Fsp3) is 1.00. The summed E-state index contributed by atoms with van der Waals surface area (Å²) in [5.74, 6) is 0.779. The number of nitrogens with zero attached hydrogens (tertiary/aromatic N) is 2. The van der Waals surface area contributed by atoms with Gasteiger partial charge in [0.05, 0.1) is 0 Å². The van der Waals surface area contributed by atoms with Crippen LogP contribution < -0.4 is 5.73 Å². The number of fused-ring (bicyclic) bond motifs is 1. The fourth-order valence-electron chi connectivity index (χ4n) is 4.24. The molecule has 3 heteroatoms. The van der Waals surface area contributed by atoms with Crippen molar-refractivity contribution in [3.8, 4) is 0 Å². The number of hydrogen-bond donors (Lipinski definition) is 1. The summed E-state index contributed by atoms with van der Waals surface area (Å²) in [6.45, 7) is 12.7. The van der Waals surface area contributed by atoms with E-state index < -0.39 is 0 Å². The molecule has 3 atom stereocenters. The minimum Gasteiger partial charge on any atom is -0.329 e. The van der Waals surface area contributed by atoms with Crippen LogP contribution in [0.1, 0.15) is 52.9 Å². The Labute approximate surface area is 119 Å². The van der Waals surface area contributed by atoms with Gasteiger partial charge in [-0.25, -0.2) is 0 Å². The molecule has 0 spiro atoms. The maximum Gasteiger partial charge on any atom is 0.0498 e. The number of likely N-dealkylation sites (N-methyl/N-ethyl adjacent to an activating group) is 1. The molecule has 2 rings (SSSR count). The third-order valence-electron chi connectivity index (χ3n) is 5.66. The molecule has 0 aliphatic carbocycles. The predicted molar refractivity (Wildman–Crippen MR) is 82.3 cm³/mol. The minimum atomic E-state index is 0.262. The summed E-state index contributed by atoms with van der Waals surface area (Å²) in [6, 6.07) is 0.718. The van der Waals surface area contributed by atoms with Crippen molar-refractivity contribution in [2.75, 3.05) is 32.7 Å². The van der Waals surface area contributed by atoms with Gasteiger partial charge in [0.2, 0.25) is 0 Å². The Balaban J connectivity index is 2.15. The van der Waals surface area contributed by atoms with Gasteiger partial charge in [0, 0.05) is 31.2 Å². The normalized spacial score (nSPS) is 33.6. The number of hydrogen-bond acceptors (Lipinski definition) is 3. The molecule has 112 valence electrons. The second kappa shape index (κ2) is 6.55. The molecule has 2 fully saturated rings. The van der Waals surface area contributed by atoms with Gasteiger partial charge in [-0.05, 0) is 38.3 Å². The van der Waals surface area contributed by atoms with Crippen molar-refractivity contribution < 1.29 is 0 Å². The van der Waals surface area contributed by atoms with Gasteiger partial charge >= 0.3 is 0 Å². The van der Waals surface area contributed by atoms with Crippen LogP contribution in [0.2, 0.25) is 0 Å². The average molecular weight is 267 g/mol. The van der Waals surface area contributed by atoms with Gasteiger partial charge < -0.3 is 5.73 Å². The zero-order chi connectivity index (χ0) is 13.9. The molecule has 3 nitrogen and oxygen atoms in total. The Kier molecular flexibility index (Phi) is 5.27. The predicted octanol–water partition coefficient (Wildman–Crippen LogP) is 2.31. The standard InChI is InChI=1S/C16H33N3/c1-4-14(3)12-19(5-2)16(13-17)9-11-18-10-7-6-8-15(16)18/h14-15H,4-13,17H2,1-3H3. The molecular weight excluding hydrogens is 234 g/mol. The van der Waals surface area contributed by atoms with Crippen molar-refractivity contribution in [1.82, 2.24) is 9.80 Å². The molecule has 2 aliphatic rings. The topological polar surface area (TPSA) is 32.5 Å². The summed E-state index contributed by atoms with van der Waals surface area (Å²) in [5, 5.41) is 0. The summed E-state index contributed by atoms with van der Waals surface area (Å²) < 4.78 is 0. The largest absolute Gasteiger partial charge is 0.329 e. The Bertz CT molecular complexity index is 281. The average Bonchev–Trinajstić information content (AvgIpc) is 2.84. The first-order valence-electron chi connectivity index (χ1n) is 8.37. The van der Waals surface area contributed by atoms with E-state index in [9.17, 15) is 0 Å². The van der Waals surface area contributed by atoms with Gasteiger partial charge in [-0.15, -0.1) is 0 Å². The summed E-state index contributed by atoms with van der Waals surface area (Å²) >= 11 is 0. The van der Waals surface area contributed by atoms with Gasteiger partial charge in [-0.1, -0.05) is 33.6 Å². The third kappa shape index (κ3) is 2.84. The monoisotopic (exact) mass is 267 g/mol. The quantitative estimate of drug-likeness (QED) is 0.801. The van der Waals surface area contributed by atoms with E-state index in [-0.39, 0.29) is 5.54 Å². The smallest absolute Gasteiger partial charge is 0.0498 e. The van der Waals surface area contributed by atoms with Crippen LogP contribution in [0.3, 0.4) is 0 Å². The van der Waals surface area contributed by atoms with Gasteiger partial charge in [-0.2, -0.15) is 0 Å². The van der Waals surface area contributed by atoms with E-state index >= 15 is 0 Å². The molecule has 0 aromatic carbocycles. The Hall–Kier alpha value is -0.120. The highest BCUT2D eigenvalue weighted by atomic mass is 15.3. The van der Waals surface area contributed by atoms with E-state index in [4.69, 9.17) is 5.73 Å². The maximum absolute atomic E-state index is 6.30. The van der Waals surface area contributed by atoms with Crippen molar-refractivity contribution in [3.63, 3.8) is 0 Å². The van der Waals surface area contributed by atoms with Crippen molar-refractivity contribution in [2.45, 2.75) is 64.5 Å². The van der Waals surface area contributed by atoms with Crippen LogP contribution in [0.15, 0.2) is 0 Å². The lowest BCUT2D eigenvalue weighted by atomic mass is 9.83. The second-order valence-electron chi connectivity index (χ2n) is 6.66. The summed E-state index contributed by atoms with van der Waals surface area (Å²) in [7, 11) is 0. The van der Waals surface area contributed by atoms with Crippen molar-refractivity contribution in [3.05, 3.63) is 0 Å². The van der Waals surface area contributed by atoms with Crippen molar-refractivity contribution >= 4 is 0 Å². The highest BCUT2D eigenvalue weighted by Crippen LogP contribution is 2.39. The molecule has 0 radical (unpaired) electrons. The molecular formula is C16H33N3. The SMILES string of the molecule is CCC(C)CN(CC)C1(CN)CCN2CCCCC21. The van der Waals surface area contributed by atoms with Crippen LogP contribution in [-0.4, -0.2) is 54.1 Å². The summed E-state index contributed by atoms with van der Waals surface area (Å²) in [5.41, 5.74) is 6.56. The van der Waals surface area contributed by atoms with Crippen LogP contribution >= 0.6 is 0 Å². The van der Waals surface area contributed by atoms with Crippen LogP contribution in [0.5, 0.6) is 0 Å². The molecule has 0 saturated carbocycles. The Morgan fingerprint density at radius 2 is 2.11 bits per heavy atom. The van der Waals surface area contributed by atoms with Crippen molar-refractivity contribution in [2.24, 2.45) is 11.7 Å². The van der Waals surface area contributed by atoms with Gasteiger partial charge in [0.25, 0.3) is 0 Å². The molecule has 0 bridgehead atoms. The van der Waals surface area contributed by atoms with Crippen LogP contribution in [0, 0.1) is 5.92 Å². The summed E-state index contributed by atoms with van der Waals surface area (Å²) in [6.07, 6.45) is 6.68. The van der Waals surface area contributed by atoms with E-state index in [1.165, 1.54) is 51.7 Å². The first kappa shape index (κ1) is 15.3. The highest BCUT2D eigenvalue weighted by molar-refractivity contribution is 5.08. The highest BCUT2D eigenvalue weighted by Gasteiger charge is 2.50. The zero-order valence-corrected chi connectivity index (χ0v) is 13.2. The lowest BCUT2D eigenvalue weighted by Crippen LogP contribution is -2.62. The van der Waals surface area contributed by atoms with Crippen LogP contribution in [0.4, 0.5) is 0 Å². The van der Waals surface area contributed by atoms with E-state index in [0.29, 0.717) is 0 Å². The van der Waals surface area contributed by atoms with E-state index in [1.54, 1.807) is 0 Å². The molecule has 0 aromatic rings. The fourth-order valence-corrected chi connectivity index (χ4v) is 4.24. The third-order valence-corrected chi connectivity index (χ3v) is 5.66. The number of nitrogens with two attached hydrogens (primary N) is 1. The lowest BCUT2D eigenvalue weighted by Gasteiger charge is -2.48. The number of rotatable bonds is 6. The molecule has 0 amide bonds. The van der Waals surface area contributed by atoms with Crippen LogP contribution in [0.25, 0.3) is 0 Å². The molecule has 0 aromatic heterocycles. The molecule has 19 heavy (non-hydrogen) atoms. The van der Waals surface area contributed by atoms with E-state index in [1.807, 2.05) is 0 Å².